The highest BCUT2D eigenvalue weighted by Gasteiger charge is 2.10. The van der Waals surface area contributed by atoms with Crippen molar-refractivity contribution in [2.45, 2.75) is 30.4 Å². The molecule has 1 N–H and O–H groups in total. The van der Waals surface area contributed by atoms with Gasteiger partial charge in [-0.25, -0.2) is 0 Å². The molecule has 0 unspecified atom stereocenters. The monoisotopic (exact) mass is 349 g/mol. The Labute approximate surface area is 143 Å². The first-order chi connectivity index (χ1) is 11.4. The fourth-order valence-electron chi connectivity index (χ4n) is 2.05. The van der Waals surface area contributed by atoms with Crippen molar-refractivity contribution in [3.05, 3.63) is 59.7 Å². The maximum Gasteiger partial charge on any atom is 0.288 e. The van der Waals surface area contributed by atoms with Crippen molar-refractivity contribution < 1.29 is 18.4 Å². The van der Waals surface area contributed by atoms with Crippen LogP contribution in [0.2, 0.25) is 0 Å². The lowest BCUT2D eigenvalue weighted by Crippen LogP contribution is -2.13. The van der Waals surface area contributed by atoms with Gasteiger partial charge >= 0.3 is 0 Å². The van der Waals surface area contributed by atoms with Gasteiger partial charge in [0.25, 0.3) is 5.76 Å². The Morgan fingerprint density at radius 2 is 1.62 bits per heavy atom. The quantitative estimate of drug-likeness (QED) is 0.570. The number of hydrogen-bond donors (Lipinski definition) is 1. The van der Waals surface area contributed by atoms with Gasteiger partial charge in [-0.3, -0.25) is 9.59 Å². The van der Waals surface area contributed by atoms with E-state index in [2.05, 4.69) is 5.32 Å². The number of aryl methyl sites for hydroxylation is 1. The average molecular weight is 349 g/mol. The SMILES string of the molecule is Cc1ccc(C(=O)CCC(=O)Nc2ccc(SC(F)F)cc2)cc1. The van der Waals surface area contributed by atoms with Crippen LogP contribution in [-0.4, -0.2) is 17.4 Å². The van der Waals surface area contributed by atoms with Gasteiger partial charge < -0.3 is 5.32 Å². The molecule has 126 valence electrons. The van der Waals surface area contributed by atoms with Crippen molar-refractivity contribution in [3.8, 4) is 0 Å². The molecule has 0 aliphatic heterocycles. The number of carbonyl (C=O) groups excluding carboxylic acids is 2. The molecule has 6 heteroatoms. The first-order valence-corrected chi connectivity index (χ1v) is 8.26. The van der Waals surface area contributed by atoms with Crippen LogP contribution in [0.4, 0.5) is 14.5 Å². The molecule has 2 aromatic rings. The first-order valence-electron chi connectivity index (χ1n) is 7.38. The van der Waals surface area contributed by atoms with E-state index in [4.69, 9.17) is 0 Å². The maximum absolute atomic E-state index is 12.2. The summed E-state index contributed by atoms with van der Waals surface area (Å²) in [6, 6.07) is 13.4. The molecule has 0 saturated carbocycles. The van der Waals surface area contributed by atoms with Gasteiger partial charge in [-0.15, -0.1) is 0 Å². The molecule has 0 aliphatic carbocycles. The highest BCUT2D eigenvalue weighted by Crippen LogP contribution is 2.26. The fourth-order valence-corrected chi connectivity index (χ4v) is 2.55. The molecule has 0 spiro atoms. The van der Waals surface area contributed by atoms with E-state index < -0.39 is 5.76 Å². The van der Waals surface area contributed by atoms with Crippen LogP contribution < -0.4 is 5.32 Å². The van der Waals surface area contributed by atoms with Crippen LogP contribution in [0.3, 0.4) is 0 Å². The molecule has 0 atom stereocenters. The predicted molar refractivity (Wildman–Crippen MR) is 91.7 cm³/mol. The van der Waals surface area contributed by atoms with Crippen LogP contribution in [0, 0.1) is 6.92 Å². The number of carbonyl (C=O) groups is 2. The van der Waals surface area contributed by atoms with E-state index in [1.54, 1.807) is 24.3 Å². The number of amides is 1. The van der Waals surface area contributed by atoms with E-state index in [9.17, 15) is 18.4 Å². The highest BCUT2D eigenvalue weighted by molar-refractivity contribution is 7.99. The molecule has 3 nitrogen and oxygen atoms in total. The molecule has 0 saturated heterocycles. The van der Waals surface area contributed by atoms with Gasteiger partial charge in [0.15, 0.2) is 5.78 Å². The number of anilines is 1. The summed E-state index contributed by atoms with van der Waals surface area (Å²) in [7, 11) is 0. The largest absolute Gasteiger partial charge is 0.326 e. The number of hydrogen-bond acceptors (Lipinski definition) is 3. The van der Waals surface area contributed by atoms with Crippen molar-refractivity contribution in [3.63, 3.8) is 0 Å². The van der Waals surface area contributed by atoms with E-state index in [1.807, 2.05) is 19.1 Å². The number of halogens is 2. The summed E-state index contributed by atoms with van der Waals surface area (Å²) in [5.74, 6) is -2.85. The molecule has 0 heterocycles. The lowest BCUT2D eigenvalue weighted by atomic mass is 10.0. The predicted octanol–water partition coefficient (Wildman–Crippen LogP) is 4.91. The number of rotatable bonds is 7. The van der Waals surface area contributed by atoms with Gasteiger partial charge in [-0.05, 0) is 31.2 Å². The molecule has 24 heavy (non-hydrogen) atoms. The number of thioether (sulfide) groups is 1. The van der Waals surface area contributed by atoms with Crippen LogP contribution in [0.5, 0.6) is 0 Å². The van der Waals surface area contributed by atoms with Crippen LogP contribution in [0.1, 0.15) is 28.8 Å². The Kier molecular flexibility index (Phi) is 6.49. The standard InChI is InChI=1S/C18H17F2NO2S/c1-12-2-4-13(5-3-12)16(22)10-11-17(23)21-14-6-8-15(9-7-14)24-18(19)20/h2-9,18H,10-11H2,1H3,(H,21,23). The molecule has 0 fully saturated rings. The average Bonchev–Trinajstić information content (AvgIpc) is 2.54. The van der Waals surface area contributed by atoms with E-state index >= 15 is 0 Å². The highest BCUT2D eigenvalue weighted by atomic mass is 32.2. The second-order valence-electron chi connectivity index (χ2n) is 5.24. The molecule has 0 aromatic heterocycles. The second kappa shape index (κ2) is 8.59. The van der Waals surface area contributed by atoms with Gasteiger partial charge in [-0.2, -0.15) is 8.78 Å². The summed E-state index contributed by atoms with van der Waals surface area (Å²) < 4.78 is 24.5. The van der Waals surface area contributed by atoms with Crippen molar-refractivity contribution in [2.24, 2.45) is 0 Å². The maximum atomic E-state index is 12.2. The van der Waals surface area contributed by atoms with Gasteiger partial charge in [0.2, 0.25) is 5.91 Å². The molecule has 2 aromatic carbocycles. The number of benzene rings is 2. The zero-order chi connectivity index (χ0) is 17.5. The van der Waals surface area contributed by atoms with Crippen molar-refractivity contribution in [2.75, 3.05) is 5.32 Å². The van der Waals surface area contributed by atoms with Crippen LogP contribution in [0.15, 0.2) is 53.4 Å². The van der Waals surface area contributed by atoms with Crippen LogP contribution in [0.25, 0.3) is 0 Å². The third-order valence-electron chi connectivity index (χ3n) is 3.32. The minimum atomic E-state index is -2.47. The normalized spacial score (nSPS) is 10.7. The summed E-state index contributed by atoms with van der Waals surface area (Å²) in [4.78, 5) is 24.3. The Bertz CT molecular complexity index is 700. The van der Waals surface area contributed by atoms with Crippen molar-refractivity contribution in [1.82, 2.24) is 0 Å². The lowest BCUT2D eigenvalue weighted by Gasteiger charge is -2.06. The van der Waals surface area contributed by atoms with Gasteiger partial charge in [0.05, 0.1) is 0 Å². The van der Waals surface area contributed by atoms with Gasteiger partial charge in [0.1, 0.15) is 0 Å². The van der Waals surface area contributed by atoms with E-state index in [1.165, 1.54) is 12.1 Å². The molecule has 0 bridgehead atoms. The molecule has 0 radical (unpaired) electrons. The second-order valence-corrected chi connectivity index (χ2v) is 6.30. The zero-order valence-corrected chi connectivity index (χ0v) is 13.9. The molecular formula is C18H17F2NO2S. The smallest absolute Gasteiger partial charge is 0.288 e. The Hall–Kier alpha value is -2.21. The number of Topliss-reactive ketones (excluding diaryl/α,β-unsaturated/α-hetero) is 1. The summed E-state index contributed by atoms with van der Waals surface area (Å²) in [6.45, 7) is 1.94. The minimum absolute atomic E-state index is 0.0697. The fraction of sp³-hybridized carbons (Fsp3) is 0.222. The van der Waals surface area contributed by atoms with E-state index in [0.29, 0.717) is 27.9 Å². The summed E-state index contributed by atoms with van der Waals surface area (Å²) >= 11 is 0.448. The van der Waals surface area contributed by atoms with Crippen molar-refractivity contribution in [1.29, 1.82) is 0 Å². The molecule has 1 amide bonds. The van der Waals surface area contributed by atoms with E-state index in [-0.39, 0.29) is 24.5 Å². The lowest BCUT2D eigenvalue weighted by molar-refractivity contribution is -0.116. The third kappa shape index (κ3) is 5.77. The third-order valence-corrected chi connectivity index (χ3v) is 4.04. The Morgan fingerprint density at radius 1 is 1.00 bits per heavy atom. The van der Waals surface area contributed by atoms with Gasteiger partial charge in [-0.1, -0.05) is 41.6 Å². The molecule has 0 aliphatic rings. The summed E-state index contributed by atoms with van der Waals surface area (Å²) in [6.07, 6.45) is 0.189. The Morgan fingerprint density at radius 3 is 2.21 bits per heavy atom. The van der Waals surface area contributed by atoms with Crippen LogP contribution >= 0.6 is 11.8 Å². The van der Waals surface area contributed by atoms with E-state index in [0.717, 1.165) is 5.56 Å². The van der Waals surface area contributed by atoms with Crippen LogP contribution in [-0.2, 0) is 4.79 Å². The zero-order valence-electron chi connectivity index (χ0n) is 13.1. The number of ketones is 1. The first kappa shape index (κ1) is 18.1. The number of alkyl halides is 2. The summed E-state index contributed by atoms with van der Waals surface area (Å²) in [5, 5.41) is 2.65. The molecule has 2 rings (SSSR count). The minimum Gasteiger partial charge on any atom is -0.326 e. The summed E-state index contributed by atoms with van der Waals surface area (Å²) in [5.41, 5.74) is 2.17. The van der Waals surface area contributed by atoms with Crippen molar-refractivity contribution >= 4 is 29.1 Å². The number of nitrogens with one attached hydrogen (secondary N) is 1. The topological polar surface area (TPSA) is 46.2 Å². The molecular weight excluding hydrogens is 332 g/mol. The Balaban J connectivity index is 1.82. The van der Waals surface area contributed by atoms with Gasteiger partial charge in [0, 0.05) is 29.0 Å².